The van der Waals surface area contributed by atoms with Crippen LogP contribution in [0.5, 0.6) is 0 Å². The smallest absolute Gasteiger partial charge is 0.306 e. The first-order valence-electron chi connectivity index (χ1n) is 6.47. The molecule has 0 radical (unpaired) electrons. The first kappa shape index (κ1) is 15.8. The van der Waals surface area contributed by atoms with Gasteiger partial charge in [0.15, 0.2) is 12.4 Å². The molecule has 0 aliphatic rings. The van der Waals surface area contributed by atoms with Gasteiger partial charge in [-0.05, 0) is 26.3 Å². The number of carbonyl (C=O) groups excluding carboxylic acids is 2. The van der Waals surface area contributed by atoms with E-state index in [9.17, 15) is 9.59 Å². The minimum atomic E-state index is -0.281. The van der Waals surface area contributed by atoms with Crippen molar-refractivity contribution in [1.29, 1.82) is 0 Å². The summed E-state index contributed by atoms with van der Waals surface area (Å²) in [5.41, 5.74) is 3.66. The molecule has 0 bridgehead atoms. The molecule has 1 rings (SSSR count). The Morgan fingerprint density at radius 2 is 2.15 bits per heavy atom. The summed E-state index contributed by atoms with van der Waals surface area (Å²) in [6, 6.07) is 3.49. The van der Waals surface area contributed by atoms with Crippen molar-refractivity contribution in [3.05, 3.63) is 30.1 Å². The van der Waals surface area contributed by atoms with Crippen LogP contribution in [0.15, 0.2) is 29.6 Å². The molecule has 6 heteroatoms. The van der Waals surface area contributed by atoms with E-state index in [0.29, 0.717) is 24.3 Å². The Labute approximate surface area is 118 Å². The molecule has 108 valence electrons. The van der Waals surface area contributed by atoms with E-state index in [1.165, 1.54) is 0 Å². The summed E-state index contributed by atoms with van der Waals surface area (Å²) in [5, 5.41) is 3.96. The molecule has 0 fully saturated rings. The molecule has 0 aliphatic carbocycles. The molecule has 0 saturated heterocycles. The van der Waals surface area contributed by atoms with E-state index < -0.39 is 0 Å². The van der Waals surface area contributed by atoms with Crippen LogP contribution in [0.2, 0.25) is 0 Å². The van der Waals surface area contributed by atoms with Crippen LogP contribution >= 0.6 is 0 Å². The molecule has 1 amide bonds. The Balaban J connectivity index is 2.46. The molecule has 0 aromatic carbocycles. The Morgan fingerprint density at radius 3 is 2.80 bits per heavy atom. The first-order chi connectivity index (χ1) is 9.52. The first-order valence-corrected chi connectivity index (χ1v) is 6.47. The number of amides is 1. The largest absolute Gasteiger partial charge is 0.466 e. The summed E-state index contributed by atoms with van der Waals surface area (Å²) in [6.07, 6.45) is 4.27. The topological polar surface area (TPSA) is 71.6 Å². The van der Waals surface area contributed by atoms with E-state index in [4.69, 9.17) is 4.74 Å². The number of pyridine rings is 1. The summed E-state index contributed by atoms with van der Waals surface area (Å²) in [4.78, 5) is 23.0. The fourth-order valence-electron chi connectivity index (χ4n) is 1.50. The van der Waals surface area contributed by atoms with Crippen LogP contribution in [-0.2, 0) is 16.6 Å². The second-order valence-corrected chi connectivity index (χ2v) is 4.35. The van der Waals surface area contributed by atoms with E-state index in [-0.39, 0.29) is 18.3 Å². The Hall–Kier alpha value is -2.24. The number of aromatic nitrogens is 1. The Morgan fingerprint density at radius 1 is 1.40 bits per heavy atom. The maximum absolute atomic E-state index is 11.8. The predicted octanol–water partition coefficient (Wildman–Crippen LogP) is 0.960. The third kappa shape index (κ3) is 5.60. The van der Waals surface area contributed by atoms with Gasteiger partial charge in [0.1, 0.15) is 12.6 Å². The number of hydrazone groups is 1. The lowest BCUT2D eigenvalue weighted by Crippen LogP contribution is -2.30. The zero-order valence-electron chi connectivity index (χ0n) is 12.0. The standard InChI is InChI=1S/C14H19N3O3/c1-4-20-13(18)8-7-11(2)15-16-14(19)12-6-5-9-17(3)10-12/h5-6,9-10H,4,7-8H2,1-3H3/p+1/b15-11+. The average molecular weight is 278 g/mol. The predicted molar refractivity (Wildman–Crippen MR) is 74.1 cm³/mol. The van der Waals surface area contributed by atoms with Gasteiger partial charge in [0.25, 0.3) is 5.91 Å². The van der Waals surface area contributed by atoms with Crippen molar-refractivity contribution in [2.75, 3.05) is 6.61 Å². The average Bonchev–Trinajstić information content (AvgIpc) is 2.43. The van der Waals surface area contributed by atoms with Gasteiger partial charge in [0.05, 0.1) is 13.0 Å². The van der Waals surface area contributed by atoms with Gasteiger partial charge >= 0.3 is 5.97 Å². The summed E-state index contributed by atoms with van der Waals surface area (Å²) in [5.74, 6) is -0.542. The Kier molecular flexibility index (Phi) is 6.36. The van der Waals surface area contributed by atoms with Crippen molar-refractivity contribution >= 4 is 17.6 Å². The van der Waals surface area contributed by atoms with E-state index in [2.05, 4.69) is 10.5 Å². The van der Waals surface area contributed by atoms with Gasteiger partial charge in [0.2, 0.25) is 0 Å². The molecule has 1 heterocycles. The fourth-order valence-corrected chi connectivity index (χ4v) is 1.50. The van der Waals surface area contributed by atoms with Crippen LogP contribution in [0.4, 0.5) is 0 Å². The highest BCUT2D eigenvalue weighted by atomic mass is 16.5. The quantitative estimate of drug-likeness (QED) is 0.364. The van der Waals surface area contributed by atoms with Crippen LogP contribution in [-0.4, -0.2) is 24.2 Å². The van der Waals surface area contributed by atoms with Crippen LogP contribution in [0.25, 0.3) is 0 Å². The zero-order chi connectivity index (χ0) is 15.0. The van der Waals surface area contributed by atoms with E-state index in [0.717, 1.165) is 0 Å². The molecular formula is C14H20N3O3+. The van der Waals surface area contributed by atoms with E-state index >= 15 is 0 Å². The minimum absolute atomic E-state index is 0.261. The molecule has 20 heavy (non-hydrogen) atoms. The monoisotopic (exact) mass is 278 g/mol. The molecule has 1 N–H and O–H groups in total. The molecule has 0 unspecified atom stereocenters. The second kappa shape index (κ2) is 8.04. The number of ether oxygens (including phenoxy) is 1. The minimum Gasteiger partial charge on any atom is -0.466 e. The molecule has 0 aliphatic heterocycles. The van der Waals surface area contributed by atoms with E-state index in [1.807, 2.05) is 13.2 Å². The summed E-state index contributed by atoms with van der Waals surface area (Å²) >= 11 is 0. The van der Waals surface area contributed by atoms with Gasteiger partial charge in [-0.2, -0.15) is 5.10 Å². The van der Waals surface area contributed by atoms with E-state index in [1.54, 1.807) is 36.7 Å². The highest BCUT2D eigenvalue weighted by Gasteiger charge is 2.08. The SMILES string of the molecule is CCOC(=O)CC/C(C)=N/NC(=O)c1ccc[n+](C)c1. The second-order valence-electron chi connectivity index (χ2n) is 4.35. The van der Waals surface area contributed by atoms with Gasteiger partial charge in [-0.25, -0.2) is 9.99 Å². The van der Waals surface area contributed by atoms with Crippen LogP contribution in [0.1, 0.15) is 37.0 Å². The van der Waals surface area contributed by atoms with Crippen molar-refractivity contribution < 1.29 is 18.9 Å². The molecule has 0 atom stereocenters. The lowest BCUT2D eigenvalue weighted by molar-refractivity contribution is -0.671. The van der Waals surface area contributed by atoms with Crippen LogP contribution in [0.3, 0.4) is 0 Å². The van der Waals surface area contributed by atoms with Gasteiger partial charge < -0.3 is 4.74 Å². The lowest BCUT2D eigenvalue weighted by atomic mass is 10.2. The van der Waals surface area contributed by atoms with Crippen molar-refractivity contribution in [2.45, 2.75) is 26.7 Å². The third-order valence-corrected chi connectivity index (χ3v) is 2.55. The number of hydrogen-bond donors (Lipinski definition) is 1. The maximum atomic E-state index is 11.8. The van der Waals surface area contributed by atoms with Crippen molar-refractivity contribution in [3.63, 3.8) is 0 Å². The molecule has 1 aromatic rings. The molecule has 6 nitrogen and oxygen atoms in total. The van der Waals surface area contributed by atoms with Gasteiger partial charge in [-0.1, -0.05) is 0 Å². The number of hydrogen-bond acceptors (Lipinski definition) is 4. The molecule has 0 saturated carbocycles. The van der Waals surface area contributed by atoms with Crippen LogP contribution < -0.4 is 9.99 Å². The number of nitrogens with zero attached hydrogens (tertiary/aromatic N) is 2. The number of aryl methyl sites for hydroxylation is 1. The number of nitrogens with one attached hydrogen (secondary N) is 1. The summed E-state index contributed by atoms with van der Waals surface area (Å²) in [7, 11) is 1.84. The lowest BCUT2D eigenvalue weighted by Gasteiger charge is -2.02. The molecule has 1 aromatic heterocycles. The normalized spacial score (nSPS) is 11.1. The Bertz CT molecular complexity index is 512. The van der Waals surface area contributed by atoms with Gasteiger partial charge in [-0.3, -0.25) is 9.59 Å². The van der Waals surface area contributed by atoms with Crippen LogP contribution in [0, 0.1) is 0 Å². The molecule has 0 spiro atoms. The molecular weight excluding hydrogens is 258 g/mol. The van der Waals surface area contributed by atoms with Crippen molar-refractivity contribution in [2.24, 2.45) is 12.1 Å². The van der Waals surface area contributed by atoms with Crippen molar-refractivity contribution in [1.82, 2.24) is 5.43 Å². The van der Waals surface area contributed by atoms with Gasteiger partial charge in [0, 0.05) is 11.8 Å². The number of rotatable bonds is 6. The highest BCUT2D eigenvalue weighted by Crippen LogP contribution is 1.97. The zero-order valence-corrected chi connectivity index (χ0v) is 12.0. The maximum Gasteiger partial charge on any atom is 0.306 e. The van der Waals surface area contributed by atoms with Crippen molar-refractivity contribution in [3.8, 4) is 0 Å². The fraction of sp³-hybridized carbons (Fsp3) is 0.429. The number of esters is 1. The van der Waals surface area contributed by atoms with Gasteiger partial charge in [-0.15, -0.1) is 0 Å². The summed E-state index contributed by atoms with van der Waals surface area (Å²) < 4.78 is 6.60. The summed E-state index contributed by atoms with van der Waals surface area (Å²) in [6.45, 7) is 3.89. The number of carbonyl (C=O) groups is 2. The third-order valence-electron chi connectivity index (χ3n) is 2.55. The highest BCUT2D eigenvalue weighted by molar-refractivity contribution is 5.95.